The molecule has 1 saturated carbocycles. The highest BCUT2D eigenvalue weighted by molar-refractivity contribution is 5.66. The molecular formula is C16H30N6O4. The van der Waals surface area contributed by atoms with Crippen molar-refractivity contribution in [2.45, 2.75) is 39.5 Å². The lowest BCUT2D eigenvalue weighted by atomic mass is 9.82. The summed E-state index contributed by atoms with van der Waals surface area (Å²) in [5.74, 6) is 0.925. The van der Waals surface area contributed by atoms with Gasteiger partial charge in [0.25, 0.3) is 0 Å². The molecule has 148 valence electrons. The second-order valence-corrected chi connectivity index (χ2v) is 6.16. The van der Waals surface area contributed by atoms with E-state index in [0.717, 1.165) is 35.7 Å². The molecule has 0 bridgehead atoms. The number of hydrogen-bond donors (Lipinski definition) is 0. The smallest absolute Gasteiger partial charge is 0.431 e. The third kappa shape index (κ3) is 8.21. The Morgan fingerprint density at radius 3 is 1.46 bits per heavy atom. The molecule has 10 heteroatoms. The third-order valence-electron chi connectivity index (χ3n) is 4.10. The fraction of sp³-hybridized carbons (Fsp3) is 0.875. The normalized spacial score (nSPS) is 20.3. The van der Waals surface area contributed by atoms with E-state index in [4.69, 9.17) is 9.47 Å². The van der Waals surface area contributed by atoms with Gasteiger partial charge >= 0.3 is 12.2 Å². The van der Waals surface area contributed by atoms with Crippen LogP contribution in [0, 0.1) is 11.8 Å². The van der Waals surface area contributed by atoms with Gasteiger partial charge in [-0.3, -0.25) is 0 Å². The van der Waals surface area contributed by atoms with Crippen molar-refractivity contribution < 1.29 is 19.1 Å². The van der Waals surface area contributed by atoms with Crippen LogP contribution < -0.4 is 0 Å². The van der Waals surface area contributed by atoms with Crippen LogP contribution >= 0.6 is 0 Å². The van der Waals surface area contributed by atoms with E-state index < -0.39 is 12.2 Å². The number of carbonyl (C=O) groups is 2. The van der Waals surface area contributed by atoms with Crippen LogP contribution in [0.1, 0.15) is 39.5 Å². The van der Waals surface area contributed by atoms with Crippen molar-refractivity contribution in [2.24, 2.45) is 32.5 Å². The largest absolute Gasteiger partial charge is 0.448 e. The summed E-state index contributed by atoms with van der Waals surface area (Å²) in [6, 6.07) is 0. The Hall–Kier alpha value is -2.26. The van der Waals surface area contributed by atoms with Crippen molar-refractivity contribution in [1.29, 1.82) is 0 Å². The second-order valence-electron chi connectivity index (χ2n) is 6.16. The molecule has 1 fully saturated rings. The minimum atomic E-state index is -0.502. The van der Waals surface area contributed by atoms with Crippen molar-refractivity contribution in [3.8, 4) is 0 Å². The van der Waals surface area contributed by atoms with Gasteiger partial charge in [0.1, 0.15) is 0 Å². The molecule has 0 atom stereocenters. The molecule has 0 aromatic rings. The Bertz CT molecular complexity index is 447. The van der Waals surface area contributed by atoms with E-state index in [2.05, 4.69) is 20.7 Å². The maximum Gasteiger partial charge on any atom is 0.431 e. The number of rotatable bonds is 8. The highest BCUT2D eigenvalue weighted by atomic mass is 16.6. The zero-order valence-corrected chi connectivity index (χ0v) is 16.1. The van der Waals surface area contributed by atoms with Gasteiger partial charge in [-0.1, -0.05) is 10.4 Å². The lowest BCUT2D eigenvalue weighted by Crippen LogP contribution is -2.23. The molecule has 1 aliphatic carbocycles. The Morgan fingerprint density at radius 1 is 0.808 bits per heavy atom. The first-order valence-corrected chi connectivity index (χ1v) is 9.03. The number of ether oxygens (including phenoxy) is 2. The van der Waals surface area contributed by atoms with Gasteiger partial charge in [-0.15, -0.1) is 0 Å². The molecular weight excluding hydrogens is 340 g/mol. The molecule has 0 heterocycles. The third-order valence-corrected chi connectivity index (χ3v) is 4.10. The van der Waals surface area contributed by atoms with E-state index in [0.29, 0.717) is 38.1 Å². The molecule has 1 rings (SSSR count). The summed E-state index contributed by atoms with van der Waals surface area (Å²) in [4.78, 5) is 22.8. The molecule has 2 amide bonds. The molecule has 0 spiro atoms. The van der Waals surface area contributed by atoms with Crippen molar-refractivity contribution >= 4 is 12.2 Å². The van der Waals surface area contributed by atoms with Gasteiger partial charge in [-0.2, -0.15) is 20.2 Å². The summed E-state index contributed by atoms with van der Waals surface area (Å²) in [5.41, 5.74) is 0. The maximum absolute atomic E-state index is 11.4. The minimum absolute atomic E-state index is 0.315. The zero-order valence-electron chi connectivity index (χ0n) is 16.1. The Balaban J connectivity index is 2.24. The minimum Gasteiger partial charge on any atom is -0.448 e. The number of amides is 2. The van der Waals surface area contributed by atoms with Gasteiger partial charge in [0.2, 0.25) is 0 Å². The van der Waals surface area contributed by atoms with Crippen LogP contribution in [-0.4, -0.2) is 62.6 Å². The van der Waals surface area contributed by atoms with Crippen molar-refractivity contribution in [1.82, 2.24) is 10.0 Å². The monoisotopic (exact) mass is 370 g/mol. The first kappa shape index (κ1) is 21.8. The van der Waals surface area contributed by atoms with Gasteiger partial charge in [0.05, 0.1) is 26.3 Å². The van der Waals surface area contributed by atoms with E-state index in [1.54, 1.807) is 13.8 Å². The molecule has 1 aliphatic rings. The van der Waals surface area contributed by atoms with Crippen molar-refractivity contribution in [3.05, 3.63) is 0 Å². The molecule has 0 aromatic heterocycles. The highest BCUT2D eigenvalue weighted by Gasteiger charge is 2.21. The van der Waals surface area contributed by atoms with E-state index in [9.17, 15) is 9.59 Å². The van der Waals surface area contributed by atoms with Crippen LogP contribution in [0.4, 0.5) is 9.59 Å². The van der Waals surface area contributed by atoms with E-state index >= 15 is 0 Å². The van der Waals surface area contributed by atoms with Crippen LogP contribution in [0.3, 0.4) is 0 Å². The first-order chi connectivity index (χ1) is 12.5. The van der Waals surface area contributed by atoms with Crippen molar-refractivity contribution in [2.75, 3.05) is 40.4 Å². The van der Waals surface area contributed by atoms with E-state index in [-0.39, 0.29) is 0 Å². The molecule has 10 nitrogen and oxygen atoms in total. The Labute approximate surface area is 154 Å². The van der Waals surface area contributed by atoms with Crippen LogP contribution in [0.15, 0.2) is 20.7 Å². The fourth-order valence-electron chi connectivity index (χ4n) is 2.60. The van der Waals surface area contributed by atoms with E-state index in [1.165, 1.54) is 14.1 Å². The van der Waals surface area contributed by atoms with Gasteiger partial charge < -0.3 is 9.47 Å². The maximum atomic E-state index is 11.4. The van der Waals surface area contributed by atoms with Gasteiger partial charge in [-0.25, -0.2) is 9.59 Å². The Morgan fingerprint density at radius 2 is 1.15 bits per heavy atom. The highest BCUT2D eigenvalue weighted by Crippen LogP contribution is 2.29. The molecule has 0 radical (unpaired) electrons. The SMILES string of the molecule is CCOC(=O)N(C)N=NCC1CCC(CN=NN(C)C(=O)OCC)CC1. The molecule has 0 aliphatic heterocycles. The summed E-state index contributed by atoms with van der Waals surface area (Å²) in [7, 11) is 3.05. The molecule has 0 unspecified atom stereocenters. The average molecular weight is 370 g/mol. The average Bonchev–Trinajstić information content (AvgIpc) is 2.63. The Kier molecular flexibility index (Phi) is 10.2. The standard InChI is InChI=1S/C16H30N6O4/c1-5-25-15(23)21(3)19-17-11-13-7-9-14(10-8-13)12-18-20-22(4)16(24)26-6-2/h13-14H,5-12H2,1-4H3. The van der Waals surface area contributed by atoms with Crippen LogP contribution in [0.25, 0.3) is 0 Å². The lowest BCUT2D eigenvalue weighted by Gasteiger charge is -2.25. The summed E-state index contributed by atoms with van der Waals surface area (Å²) in [6.45, 7) is 5.32. The van der Waals surface area contributed by atoms with Gasteiger partial charge in [0, 0.05) is 14.1 Å². The van der Waals surface area contributed by atoms with Crippen LogP contribution in [0.2, 0.25) is 0 Å². The molecule has 0 N–H and O–H groups in total. The zero-order chi connectivity index (χ0) is 19.4. The number of nitrogens with zero attached hydrogens (tertiary/aromatic N) is 6. The molecule has 0 aromatic carbocycles. The van der Waals surface area contributed by atoms with E-state index in [1.807, 2.05) is 0 Å². The molecule has 0 saturated heterocycles. The lowest BCUT2D eigenvalue weighted by molar-refractivity contribution is 0.113. The van der Waals surface area contributed by atoms with Gasteiger partial charge in [-0.05, 0) is 51.4 Å². The first-order valence-electron chi connectivity index (χ1n) is 9.03. The number of carbonyl (C=O) groups excluding carboxylic acids is 2. The topological polar surface area (TPSA) is 109 Å². The predicted octanol–water partition coefficient (Wildman–Crippen LogP) is 3.70. The second kappa shape index (κ2) is 12.2. The van der Waals surface area contributed by atoms with Crippen LogP contribution in [-0.2, 0) is 9.47 Å². The number of hydrogen-bond acceptors (Lipinski definition) is 8. The van der Waals surface area contributed by atoms with Crippen molar-refractivity contribution in [3.63, 3.8) is 0 Å². The molecule has 26 heavy (non-hydrogen) atoms. The fourth-order valence-corrected chi connectivity index (χ4v) is 2.60. The van der Waals surface area contributed by atoms with Crippen LogP contribution in [0.5, 0.6) is 0 Å². The summed E-state index contributed by atoms with van der Waals surface area (Å²) < 4.78 is 9.65. The summed E-state index contributed by atoms with van der Waals surface area (Å²) in [5, 5.41) is 18.1. The van der Waals surface area contributed by atoms with Gasteiger partial charge in [0.15, 0.2) is 0 Å². The quantitative estimate of drug-likeness (QED) is 0.479. The summed E-state index contributed by atoms with van der Waals surface area (Å²) in [6.07, 6.45) is 3.15. The predicted molar refractivity (Wildman–Crippen MR) is 94.5 cm³/mol. The summed E-state index contributed by atoms with van der Waals surface area (Å²) >= 11 is 0.